The molecule has 33 heavy (non-hydrogen) atoms. The molecule has 4 rings (SSSR count). The number of aromatic nitrogens is 2. The van der Waals surface area contributed by atoms with E-state index in [0.717, 1.165) is 24.2 Å². The average Bonchev–Trinajstić information content (AvgIpc) is 3.35. The van der Waals surface area contributed by atoms with Crippen LogP contribution in [0.2, 0.25) is 0 Å². The standard InChI is InChI=1S/C26H30N4O3/c1-3-30(20-10-6-5-7-11-20)26(32)22-18-27-28-24(22)19-14-16-29(17-15-19)25(31)21-12-8-9-13-23(21)33-4-2/h5-13,18-19H,3-4,14-17H2,1-2H3,(H,27,28). The molecule has 1 aliphatic heterocycles. The zero-order valence-electron chi connectivity index (χ0n) is 19.2. The SMILES string of the molecule is CCOc1ccccc1C(=O)N1CCC(c2[nH]ncc2C(=O)N(CC)c2ccccc2)CC1. The summed E-state index contributed by atoms with van der Waals surface area (Å²) in [5, 5.41) is 7.26. The van der Waals surface area contributed by atoms with Crippen LogP contribution in [0.3, 0.4) is 0 Å². The van der Waals surface area contributed by atoms with Crippen molar-refractivity contribution in [3.05, 3.63) is 77.6 Å². The number of benzene rings is 2. The number of piperidine rings is 1. The lowest BCUT2D eigenvalue weighted by Gasteiger charge is -2.32. The number of anilines is 1. The third-order valence-electron chi connectivity index (χ3n) is 6.14. The summed E-state index contributed by atoms with van der Waals surface area (Å²) in [4.78, 5) is 30.1. The number of aromatic amines is 1. The van der Waals surface area contributed by atoms with Gasteiger partial charge in [-0.3, -0.25) is 14.7 Å². The molecule has 3 aromatic rings. The van der Waals surface area contributed by atoms with Crippen molar-refractivity contribution in [1.82, 2.24) is 15.1 Å². The molecule has 1 fully saturated rings. The molecule has 0 bridgehead atoms. The van der Waals surface area contributed by atoms with Gasteiger partial charge in [0.05, 0.1) is 29.6 Å². The Hall–Kier alpha value is -3.61. The lowest BCUT2D eigenvalue weighted by molar-refractivity contribution is 0.0706. The van der Waals surface area contributed by atoms with E-state index >= 15 is 0 Å². The number of amides is 2. The number of hydrogen-bond acceptors (Lipinski definition) is 4. The lowest BCUT2D eigenvalue weighted by atomic mass is 9.90. The molecule has 2 amide bonds. The van der Waals surface area contributed by atoms with Gasteiger partial charge in [-0.1, -0.05) is 30.3 Å². The highest BCUT2D eigenvalue weighted by molar-refractivity contribution is 6.06. The minimum Gasteiger partial charge on any atom is -0.493 e. The van der Waals surface area contributed by atoms with E-state index in [9.17, 15) is 9.59 Å². The Balaban J connectivity index is 1.46. The molecule has 1 aliphatic rings. The van der Waals surface area contributed by atoms with Gasteiger partial charge in [0.25, 0.3) is 11.8 Å². The maximum absolute atomic E-state index is 13.3. The number of para-hydroxylation sites is 2. The van der Waals surface area contributed by atoms with Gasteiger partial charge in [-0.2, -0.15) is 5.10 Å². The van der Waals surface area contributed by atoms with E-state index < -0.39 is 0 Å². The minimum absolute atomic E-state index is 0.0142. The van der Waals surface area contributed by atoms with E-state index in [-0.39, 0.29) is 17.7 Å². The van der Waals surface area contributed by atoms with Crippen LogP contribution < -0.4 is 9.64 Å². The Morgan fingerprint density at radius 3 is 2.42 bits per heavy atom. The van der Waals surface area contributed by atoms with E-state index in [2.05, 4.69) is 10.2 Å². The summed E-state index contributed by atoms with van der Waals surface area (Å²) < 4.78 is 5.64. The number of nitrogens with one attached hydrogen (secondary N) is 1. The molecule has 7 nitrogen and oxygen atoms in total. The Morgan fingerprint density at radius 2 is 1.73 bits per heavy atom. The molecule has 0 unspecified atom stereocenters. The second-order valence-corrected chi connectivity index (χ2v) is 8.08. The van der Waals surface area contributed by atoms with Crippen LogP contribution in [-0.2, 0) is 0 Å². The summed E-state index contributed by atoms with van der Waals surface area (Å²) in [7, 11) is 0. The molecule has 0 saturated carbocycles. The number of rotatable bonds is 7. The van der Waals surface area contributed by atoms with Crippen molar-refractivity contribution in [2.45, 2.75) is 32.6 Å². The molecule has 0 spiro atoms. The van der Waals surface area contributed by atoms with Gasteiger partial charge < -0.3 is 14.5 Å². The topological polar surface area (TPSA) is 78.5 Å². The fourth-order valence-corrected chi connectivity index (χ4v) is 4.44. The van der Waals surface area contributed by atoms with Gasteiger partial charge in [-0.15, -0.1) is 0 Å². The monoisotopic (exact) mass is 446 g/mol. The van der Waals surface area contributed by atoms with Crippen molar-refractivity contribution in [1.29, 1.82) is 0 Å². The second kappa shape index (κ2) is 10.3. The predicted octanol–water partition coefficient (Wildman–Crippen LogP) is 4.49. The van der Waals surface area contributed by atoms with Crippen LogP contribution in [0.25, 0.3) is 0 Å². The van der Waals surface area contributed by atoms with Crippen LogP contribution in [0.4, 0.5) is 5.69 Å². The molecule has 1 N–H and O–H groups in total. The van der Waals surface area contributed by atoms with Crippen molar-refractivity contribution in [2.75, 3.05) is 31.1 Å². The molecule has 0 aliphatic carbocycles. The zero-order valence-corrected chi connectivity index (χ0v) is 19.2. The fourth-order valence-electron chi connectivity index (χ4n) is 4.44. The van der Waals surface area contributed by atoms with Gasteiger partial charge in [-0.05, 0) is 51.0 Å². The molecule has 0 atom stereocenters. The quantitative estimate of drug-likeness (QED) is 0.580. The van der Waals surface area contributed by atoms with Crippen molar-refractivity contribution in [3.8, 4) is 5.75 Å². The first-order valence-corrected chi connectivity index (χ1v) is 11.5. The Labute approximate surface area is 194 Å². The summed E-state index contributed by atoms with van der Waals surface area (Å²) in [5.74, 6) is 0.692. The number of carbonyl (C=O) groups excluding carboxylic acids is 2. The summed E-state index contributed by atoms with van der Waals surface area (Å²) in [5.41, 5.74) is 2.92. The molecule has 1 saturated heterocycles. The molecule has 2 heterocycles. The molecule has 2 aromatic carbocycles. The number of H-pyrrole nitrogens is 1. The third-order valence-corrected chi connectivity index (χ3v) is 6.14. The molecule has 172 valence electrons. The van der Waals surface area contributed by atoms with Gasteiger partial charge >= 0.3 is 0 Å². The second-order valence-electron chi connectivity index (χ2n) is 8.08. The van der Waals surface area contributed by atoms with E-state index in [0.29, 0.717) is 43.1 Å². The summed E-state index contributed by atoms with van der Waals surface area (Å²) in [6.45, 7) is 6.20. The normalized spacial score (nSPS) is 14.2. The van der Waals surface area contributed by atoms with Crippen LogP contribution in [0.15, 0.2) is 60.8 Å². The van der Waals surface area contributed by atoms with Crippen LogP contribution in [-0.4, -0.2) is 53.2 Å². The van der Waals surface area contributed by atoms with Crippen LogP contribution >= 0.6 is 0 Å². The number of ether oxygens (including phenoxy) is 1. The molecule has 7 heteroatoms. The largest absolute Gasteiger partial charge is 0.493 e. The van der Waals surface area contributed by atoms with Crippen LogP contribution in [0.5, 0.6) is 5.75 Å². The van der Waals surface area contributed by atoms with Crippen molar-refractivity contribution in [3.63, 3.8) is 0 Å². The maximum atomic E-state index is 13.3. The third kappa shape index (κ3) is 4.77. The highest BCUT2D eigenvalue weighted by atomic mass is 16.5. The van der Waals surface area contributed by atoms with Crippen molar-refractivity contribution in [2.24, 2.45) is 0 Å². The zero-order chi connectivity index (χ0) is 23.2. The molecule has 0 radical (unpaired) electrons. The van der Waals surface area contributed by atoms with Crippen LogP contribution in [0, 0.1) is 0 Å². The van der Waals surface area contributed by atoms with Crippen molar-refractivity contribution < 1.29 is 14.3 Å². The van der Waals surface area contributed by atoms with Gasteiger partial charge in [-0.25, -0.2) is 0 Å². The van der Waals surface area contributed by atoms with E-state index in [4.69, 9.17) is 4.74 Å². The minimum atomic E-state index is -0.0587. The number of hydrogen-bond donors (Lipinski definition) is 1. The summed E-state index contributed by atoms with van der Waals surface area (Å²) in [6.07, 6.45) is 3.16. The smallest absolute Gasteiger partial charge is 0.261 e. The number of likely N-dealkylation sites (tertiary alicyclic amines) is 1. The Morgan fingerprint density at radius 1 is 1.03 bits per heavy atom. The Kier molecular flexibility index (Phi) is 7.07. The number of carbonyl (C=O) groups is 2. The average molecular weight is 447 g/mol. The lowest BCUT2D eigenvalue weighted by Crippen LogP contribution is -2.38. The molecular weight excluding hydrogens is 416 g/mol. The van der Waals surface area contributed by atoms with E-state index in [1.54, 1.807) is 11.1 Å². The van der Waals surface area contributed by atoms with Gasteiger partial charge in [0.1, 0.15) is 5.75 Å². The van der Waals surface area contributed by atoms with E-state index in [1.807, 2.05) is 73.3 Å². The summed E-state index contributed by atoms with van der Waals surface area (Å²) in [6, 6.07) is 17.0. The molecule has 1 aromatic heterocycles. The van der Waals surface area contributed by atoms with Gasteiger partial charge in [0.15, 0.2) is 0 Å². The maximum Gasteiger partial charge on any atom is 0.261 e. The van der Waals surface area contributed by atoms with Gasteiger partial charge in [0, 0.05) is 31.2 Å². The first-order chi connectivity index (χ1) is 16.1. The predicted molar refractivity (Wildman–Crippen MR) is 128 cm³/mol. The summed E-state index contributed by atoms with van der Waals surface area (Å²) >= 11 is 0. The fraction of sp³-hybridized carbons (Fsp3) is 0.346. The number of nitrogens with zero attached hydrogens (tertiary/aromatic N) is 3. The van der Waals surface area contributed by atoms with Gasteiger partial charge in [0.2, 0.25) is 0 Å². The highest BCUT2D eigenvalue weighted by Crippen LogP contribution is 2.31. The first kappa shape index (κ1) is 22.6. The van der Waals surface area contributed by atoms with Crippen LogP contribution in [0.1, 0.15) is 59.0 Å². The molecular formula is C26H30N4O3. The highest BCUT2D eigenvalue weighted by Gasteiger charge is 2.30. The van der Waals surface area contributed by atoms with Crippen molar-refractivity contribution >= 4 is 17.5 Å². The Bertz CT molecular complexity index is 1090. The first-order valence-electron chi connectivity index (χ1n) is 11.5. The van der Waals surface area contributed by atoms with E-state index in [1.165, 1.54) is 0 Å².